The van der Waals surface area contributed by atoms with Crippen molar-refractivity contribution in [2.24, 2.45) is 7.05 Å². The SMILES string of the molecule is CCOC(=O)C=Cc1c(C(F)F)nn(C)c1-n1ccc2cccnc21. The van der Waals surface area contributed by atoms with Gasteiger partial charge in [0.15, 0.2) is 0 Å². The Morgan fingerprint density at radius 3 is 2.92 bits per heavy atom. The molecule has 0 atom stereocenters. The van der Waals surface area contributed by atoms with Crippen LogP contribution < -0.4 is 0 Å². The van der Waals surface area contributed by atoms with E-state index < -0.39 is 18.1 Å². The summed E-state index contributed by atoms with van der Waals surface area (Å²) in [5.41, 5.74) is 0.349. The Hall–Kier alpha value is -3.03. The molecule has 0 unspecified atom stereocenters. The number of fused-ring (bicyclic) bond motifs is 1. The van der Waals surface area contributed by atoms with Crippen molar-refractivity contribution in [3.05, 3.63) is 47.9 Å². The first-order valence-corrected chi connectivity index (χ1v) is 7.65. The second-order valence-corrected chi connectivity index (χ2v) is 5.23. The van der Waals surface area contributed by atoms with Gasteiger partial charge in [0.25, 0.3) is 6.43 Å². The van der Waals surface area contributed by atoms with E-state index in [9.17, 15) is 13.6 Å². The molecule has 0 N–H and O–H groups in total. The molecule has 0 aliphatic heterocycles. The van der Waals surface area contributed by atoms with Crippen LogP contribution in [-0.2, 0) is 16.6 Å². The molecule has 0 saturated heterocycles. The second-order valence-electron chi connectivity index (χ2n) is 5.23. The summed E-state index contributed by atoms with van der Waals surface area (Å²) in [6.07, 6.45) is 2.99. The minimum atomic E-state index is -2.78. The fourth-order valence-corrected chi connectivity index (χ4v) is 2.64. The Bertz CT molecular complexity index is 943. The van der Waals surface area contributed by atoms with Gasteiger partial charge in [0.2, 0.25) is 0 Å². The zero-order chi connectivity index (χ0) is 18.0. The first-order chi connectivity index (χ1) is 12.0. The third-order valence-electron chi connectivity index (χ3n) is 3.64. The van der Waals surface area contributed by atoms with Crippen LogP contribution in [-0.4, -0.2) is 31.9 Å². The number of ether oxygens (including phenoxy) is 1. The predicted octanol–water partition coefficient (Wildman–Crippen LogP) is 3.27. The average Bonchev–Trinajstić information content (AvgIpc) is 3.14. The summed E-state index contributed by atoms with van der Waals surface area (Å²) < 4.78 is 34.6. The van der Waals surface area contributed by atoms with E-state index in [4.69, 9.17) is 4.74 Å². The molecule has 3 heterocycles. The van der Waals surface area contributed by atoms with Crippen molar-refractivity contribution in [3.63, 3.8) is 0 Å². The lowest BCUT2D eigenvalue weighted by Gasteiger charge is -2.07. The molecule has 0 saturated carbocycles. The molecule has 6 nitrogen and oxygen atoms in total. The van der Waals surface area contributed by atoms with Gasteiger partial charge in [-0.05, 0) is 31.2 Å². The number of hydrogen-bond acceptors (Lipinski definition) is 4. The van der Waals surface area contributed by atoms with Crippen molar-refractivity contribution >= 4 is 23.1 Å². The maximum atomic E-state index is 13.4. The number of halogens is 2. The number of aromatic nitrogens is 4. The Morgan fingerprint density at radius 2 is 2.20 bits per heavy atom. The van der Waals surface area contributed by atoms with Gasteiger partial charge in [-0.25, -0.2) is 18.6 Å². The third-order valence-corrected chi connectivity index (χ3v) is 3.64. The molecule has 8 heteroatoms. The number of hydrogen-bond donors (Lipinski definition) is 0. The van der Waals surface area contributed by atoms with Crippen LogP contribution in [0.5, 0.6) is 0 Å². The van der Waals surface area contributed by atoms with Gasteiger partial charge in [0, 0.05) is 36.5 Å². The molecule has 3 rings (SSSR count). The molecule has 0 aliphatic carbocycles. The molecule has 0 fully saturated rings. The van der Waals surface area contributed by atoms with Gasteiger partial charge in [0.05, 0.1) is 6.61 Å². The number of rotatable bonds is 5. The Morgan fingerprint density at radius 1 is 1.40 bits per heavy atom. The van der Waals surface area contributed by atoms with Crippen LogP contribution in [0.4, 0.5) is 8.78 Å². The number of pyridine rings is 1. The van der Waals surface area contributed by atoms with Crippen LogP contribution >= 0.6 is 0 Å². The largest absolute Gasteiger partial charge is 0.463 e. The van der Waals surface area contributed by atoms with Crippen molar-refractivity contribution in [1.82, 2.24) is 19.3 Å². The van der Waals surface area contributed by atoms with E-state index in [2.05, 4.69) is 10.1 Å². The zero-order valence-electron chi connectivity index (χ0n) is 13.7. The topological polar surface area (TPSA) is 61.9 Å². The number of nitrogens with zero attached hydrogens (tertiary/aromatic N) is 4. The summed E-state index contributed by atoms with van der Waals surface area (Å²) in [6, 6.07) is 5.50. The van der Waals surface area contributed by atoms with E-state index in [0.717, 1.165) is 11.5 Å². The lowest BCUT2D eigenvalue weighted by Crippen LogP contribution is -2.04. The van der Waals surface area contributed by atoms with Crippen LogP contribution in [0.25, 0.3) is 22.9 Å². The summed E-state index contributed by atoms with van der Waals surface area (Å²) in [7, 11) is 1.57. The maximum Gasteiger partial charge on any atom is 0.330 e. The molecular weight excluding hydrogens is 330 g/mol. The molecule has 0 spiro atoms. The van der Waals surface area contributed by atoms with E-state index in [1.807, 2.05) is 12.1 Å². The van der Waals surface area contributed by atoms with Crippen molar-refractivity contribution in [2.45, 2.75) is 13.3 Å². The van der Waals surface area contributed by atoms with Gasteiger partial charge in [-0.15, -0.1) is 0 Å². The molecule has 0 bridgehead atoms. The van der Waals surface area contributed by atoms with Crippen molar-refractivity contribution in [3.8, 4) is 5.82 Å². The molecule has 25 heavy (non-hydrogen) atoms. The molecule has 0 radical (unpaired) electrons. The van der Waals surface area contributed by atoms with Crippen LogP contribution in [0, 0.1) is 0 Å². The number of esters is 1. The number of carbonyl (C=O) groups is 1. The zero-order valence-corrected chi connectivity index (χ0v) is 13.7. The summed E-state index contributed by atoms with van der Waals surface area (Å²) in [5.74, 6) is -0.211. The van der Waals surface area contributed by atoms with Crippen LogP contribution in [0.2, 0.25) is 0 Å². The lowest BCUT2D eigenvalue weighted by molar-refractivity contribution is -0.137. The fraction of sp³-hybridized carbons (Fsp3) is 0.235. The highest BCUT2D eigenvalue weighted by atomic mass is 19.3. The average molecular weight is 346 g/mol. The quantitative estimate of drug-likeness (QED) is 0.525. The van der Waals surface area contributed by atoms with Crippen LogP contribution in [0.3, 0.4) is 0 Å². The molecule has 0 amide bonds. The van der Waals surface area contributed by atoms with Crippen LogP contribution in [0.1, 0.15) is 24.6 Å². The minimum absolute atomic E-state index is 0.147. The van der Waals surface area contributed by atoms with Gasteiger partial charge >= 0.3 is 5.97 Å². The molecule has 0 aliphatic rings. The third kappa shape index (κ3) is 3.15. The van der Waals surface area contributed by atoms with Gasteiger partial charge < -0.3 is 4.74 Å². The molecule has 3 aromatic rings. The normalized spacial score (nSPS) is 11.7. The van der Waals surface area contributed by atoms with E-state index >= 15 is 0 Å². The van der Waals surface area contributed by atoms with Crippen molar-refractivity contribution in [2.75, 3.05) is 6.61 Å². The molecular formula is C17H16F2N4O2. The smallest absolute Gasteiger partial charge is 0.330 e. The highest BCUT2D eigenvalue weighted by Crippen LogP contribution is 2.30. The minimum Gasteiger partial charge on any atom is -0.463 e. The fourth-order valence-electron chi connectivity index (χ4n) is 2.64. The Kier molecular flexibility index (Phi) is 4.60. The van der Waals surface area contributed by atoms with E-state index in [1.165, 1.54) is 10.8 Å². The molecule has 130 valence electrons. The standard InChI is InChI=1S/C17H16F2N4O2/c1-3-25-13(24)7-6-12-14(15(18)19)21-22(2)17(12)23-10-8-11-5-4-9-20-16(11)23/h4-10,15H,3H2,1-2H3. The summed E-state index contributed by atoms with van der Waals surface area (Å²) in [5, 5.41) is 4.78. The highest BCUT2D eigenvalue weighted by Gasteiger charge is 2.23. The van der Waals surface area contributed by atoms with Crippen molar-refractivity contribution < 1.29 is 18.3 Å². The van der Waals surface area contributed by atoms with E-state index in [0.29, 0.717) is 11.5 Å². The lowest BCUT2D eigenvalue weighted by atomic mass is 10.2. The molecule has 0 aromatic carbocycles. The maximum absolute atomic E-state index is 13.4. The second kappa shape index (κ2) is 6.84. The highest BCUT2D eigenvalue weighted by molar-refractivity contribution is 5.88. The van der Waals surface area contributed by atoms with Gasteiger partial charge in [-0.1, -0.05) is 0 Å². The predicted molar refractivity (Wildman–Crippen MR) is 88.5 cm³/mol. The first kappa shape index (κ1) is 16.8. The van der Waals surface area contributed by atoms with E-state index in [1.54, 1.807) is 37.0 Å². The van der Waals surface area contributed by atoms with E-state index in [-0.39, 0.29) is 12.2 Å². The summed E-state index contributed by atoms with van der Waals surface area (Å²) in [6.45, 7) is 1.88. The monoisotopic (exact) mass is 346 g/mol. The van der Waals surface area contributed by atoms with Gasteiger partial charge in [-0.3, -0.25) is 9.25 Å². The number of aryl methyl sites for hydroxylation is 1. The van der Waals surface area contributed by atoms with Crippen LogP contribution in [0.15, 0.2) is 36.7 Å². The number of alkyl halides is 2. The summed E-state index contributed by atoms with van der Waals surface area (Å²) in [4.78, 5) is 15.9. The first-order valence-electron chi connectivity index (χ1n) is 7.65. The molecule has 3 aromatic heterocycles. The number of carbonyl (C=O) groups excluding carboxylic acids is 1. The summed E-state index contributed by atoms with van der Waals surface area (Å²) >= 11 is 0. The Balaban J connectivity index is 2.17. The van der Waals surface area contributed by atoms with Crippen molar-refractivity contribution in [1.29, 1.82) is 0 Å². The van der Waals surface area contributed by atoms with Gasteiger partial charge in [-0.2, -0.15) is 5.10 Å². The van der Waals surface area contributed by atoms with Gasteiger partial charge in [0.1, 0.15) is 17.2 Å². The Labute approximate surface area is 142 Å².